The molecule has 1 saturated heterocycles. The van der Waals surface area contributed by atoms with Gasteiger partial charge in [-0.1, -0.05) is 35.4 Å². The van der Waals surface area contributed by atoms with Gasteiger partial charge in [-0.3, -0.25) is 14.4 Å². The summed E-state index contributed by atoms with van der Waals surface area (Å²) >= 11 is 0. The minimum Gasteiger partial charge on any atom is -0.445 e. The molecule has 0 unspecified atom stereocenters. The lowest BCUT2D eigenvalue weighted by atomic mass is 10.2. The van der Waals surface area contributed by atoms with Crippen molar-refractivity contribution in [2.45, 2.75) is 19.4 Å². The molecule has 1 heterocycles. The number of hydrogen-bond acceptors (Lipinski definition) is 7. The Morgan fingerprint density at radius 2 is 1.71 bits per heavy atom. The van der Waals surface area contributed by atoms with Gasteiger partial charge in [-0.25, -0.2) is 9.59 Å². The summed E-state index contributed by atoms with van der Waals surface area (Å²) in [7, 11) is 0. The Bertz CT molecular complexity index is 602. The molecule has 128 valence electrons. The fourth-order valence-corrected chi connectivity index (χ4v) is 1.82. The molecule has 0 aromatic heterocycles. The van der Waals surface area contributed by atoms with Crippen molar-refractivity contribution in [3.63, 3.8) is 0 Å². The minimum absolute atomic E-state index is 0.000917. The maximum absolute atomic E-state index is 11.4. The molecule has 3 amide bonds. The van der Waals surface area contributed by atoms with Gasteiger partial charge in [0.05, 0.1) is 6.54 Å². The predicted octanol–water partition coefficient (Wildman–Crippen LogP) is 1.13. The Kier molecular flexibility index (Phi) is 6.12. The number of carbonyl (C=O) groups is 4. The largest absolute Gasteiger partial charge is 0.534 e. The number of hydrogen-bond donors (Lipinski definition) is 1. The first-order valence-corrected chi connectivity index (χ1v) is 7.21. The molecule has 24 heavy (non-hydrogen) atoms. The molecule has 0 atom stereocenters. The van der Waals surface area contributed by atoms with Crippen molar-refractivity contribution < 1.29 is 33.5 Å². The summed E-state index contributed by atoms with van der Waals surface area (Å²) in [5, 5.41) is 2.76. The molecule has 1 aromatic rings. The van der Waals surface area contributed by atoms with Gasteiger partial charge >= 0.3 is 12.2 Å². The number of carbonyl (C=O) groups excluding carboxylic acids is 4. The van der Waals surface area contributed by atoms with Crippen molar-refractivity contribution in [2.24, 2.45) is 0 Å². The summed E-state index contributed by atoms with van der Waals surface area (Å²) in [6.07, 6.45) is -1.86. The highest BCUT2D eigenvalue weighted by molar-refractivity contribution is 6.01. The molecule has 0 saturated carbocycles. The highest BCUT2D eigenvalue weighted by Crippen LogP contribution is 2.12. The van der Waals surface area contributed by atoms with Crippen LogP contribution in [0.2, 0.25) is 0 Å². The first-order chi connectivity index (χ1) is 11.6. The number of imide groups is 1. The Morgan fingerprint density at radius 3 is 2.38 bits per heavy atom. The summed E-state index contributed by atoms with van der Waals surface area (Å²) < 4.78 is 9.59. The average Bonchev–Trinajstić information content (AvgIpc) is 2.90. The molecule has 0 radical (unpaired) electrons. The van der Waals surface area contributed by atoms with E-state index in [0.717, 1.165) is 5.56 Å². The second-order valence-electron chi connectivity index (χ2n) is 4.76. The highest BCUT2D eigenvalue weighted by atomic mass is 16.8. The van der Waals surface area contributed by atoms with Crippen LogP contribution in [0.3, 0.4) is 0 Å². The standard InChI is InChI=1S/C15H16N2O7/c18-12-6-7-13(19)17(12)24-15(21)22-9-8-16-14(20)23-10-11-4-2-1-3-5-11/h1-5H,6-10H2,(H,16,20). The quantitative estimate of drug-likeness (QED) is 0.471. The summed E-state index contributed by atoms with van der Waals surface area (Å²) in [6.45, 7) is -0.0884. The van der Waals surface area contributed by atoms with E-state index in [-0.39, 0.29) is 32.6 Å². The first kappa shape index (κ1) is 17.3. The van der Waals surface area contributed by atoms with Crippen LogP contribution >= 0.6 is 0 Å². The molecule has 2 rings (SSSR count). The Labute approximate surface area is 137 Å². The fourth-order valence-electron chi connectivity index (χ4n) is 1.82. The average molecular weight is 336 g/mol. The number of ether oxygens (including phenoxy) is 2. The second kappa shape index (κ2) is 8.51. The van der Waals surface area contributed by atoms with Crippen LogP contribution in [-0.2, 0) is 30.5 Å². The van der Waals surface area contributed by atoms with E-state index < -0.39 is 24.1 Å². The van der Waals surface area contributed by atoms with Gasteiger partial charge in [-0.05, 0) is 5.56 Å². The maximum atomic E-state index is 11.4. The second-order valence-corrected chi connectivity index (χ2v) is 4.76. The van der Waals surface area contributed by atoms with Crippen molar-refractivity contribution in [3.05, 3.63) is 35.9 Å². The molecular weight excluding hydrogens is 320 g/mol. The van der Waals surface area contributed by atoms with Crippen LogP contribution in [-0.4, -0.2) is 42.3 Å². The number of benzene rings is 1. The van der Waals surface area contributed by atoms with E-state index in [9.17, 15) is 19.2 Å². The third-order valence-electron chi connectivity index (χ3n) is 2.98. The van der Waals surface area contributed by atoms with Crippen LogP contribution in [0, 0.1) is 0 Å². The summed E-state index contributed by atoms with van der Waals surface area (Å²) in [5.74, 6) is -1.20. The molecular formula is C15H16N2O7. The van der Waals surface area contributed by atoms with Crippen LogP contribution in [0.4, 0.5) is 9.59 Å². The van der Waals surface area contributed by atoms with Crippen LogP contribution in [0.25, 0.3) is 0 Å². The first-order valence-electron chi connectivity index (χ1n) is 7.21. The molecule has 1 N–H and O–H groups in total. The smallest absolute Gasteiger partial charge is 0.445 e. The molecule has 1 aliphatic rings. The van der Waals surface area contributed by atoms with E-state index >= 15 is 0 Å². The van der Waals surface area contributed by atoms with Gasteiger partial charge in [0, 0.05) is 12.8 Å². The molecule has 9 heteroatoms. The van der Waals surface area contributed by atoms with Gasteiger partial charge in [-0.15, -0.1) is 0 Å². The van der Waals surface area contributed by atoms with Crippen molar-refractivity contribution >= 4 is 24.1 Å². The third kappa shape index (κ3) is 5.27. The monoisotopic (exact) mass is 336 g/mol. The zero-order valence-corrected chi connectivity index (χ0v) is 12.7. The summed E-state index contributed by atoms with van der Waals surface area (Å²) in [5.41, 5.74) is 0.840. The van der Waals surface area contributed by atoms with Crippen LogP contribution in [0.5, 0.6) is 0 Å². The lowest BCUT2D eigenvalue weighted by Gasteiger charge is -2.12. The highest BCUT2D eigenvalue weighted by Gasteiger charge is 2.33. The molecule has 1 aliphatic heterocycles. The number of amides is 3. The number of nitrogens with one attached hydrogen (secondary N) is 1. The van der Waals surface area contributed by atoms with Crippen molar-refractivity contribution in [1.82, 2.24) is 10.4 Å². The van der Waals surface area contributed by atoms with Crippen molar-refractivity contribution in [2.75, 3.05) is 13.2 Å². The maximum Gasteiger partial charge on any atom is 0.534 e. The molecule has 1 aromatic carbocycles. The lowest BCUT2D eigenvalue weighted by Crippen LogP contribution is -2.33. The van der Waals surface area contributed by atoms with Gasteiger partial charge < -0.3 is 14.8 Å². The number of nitrogens with zero attached hydrogens (tertiary/aromatic N) is 1. The Morgan fingerprint density at radius 1 is 1.04 bits per heavy atom. The van der Waals surface area contributed by atoms with E-state index in [2.05, 4.69) is 14.9 Å². The molecule has 0 aliphatic carbocycles. The Balaban J connectivity index is 1.57. The lowest BCUT2D eigenvalue weighted by molar-refractivity contribution is -0.177. The summed E-state index contributed by atoms with van der Waals surface area (Å²) in [6, 6.07) is 9.13. The van der Waals surface area contributed by atoms with Gasteiger partial charge in [0.25, 0.3) is 11.8 Å². The summed E-state index contributed by atoms with van der Waals surface area (Å²) in [4.78, 5) is 49.7. The van der Waals surface area contributed by atoms with E-state index in [1.807, 2.05) is 30.3 Å². The zero-order valence-electron chi connectivity index (χ0n) is 12.7. The molecule has 1 fully saturated rings. The van der Waals surface area contributed by atoms with E-state index in [4.69, 9.17) is 4.74 Å². The molecule has 9 nitrogen and oxygen atoms in total. The van der Waals surface area contributed by atoms with Crippen LogP contribution < -0.4 is 5.32 Å². The van der Waals surface area contributed by atoms with Gasteiger partial charge in [0.2, 0.25) is 0 Å². The van der Waals surface area contributed by atoms with Crippen LogP contribution in [0.1, 0.15) is 18.4 Å². The number of rotatable bonds is 6. The van der Waals surface area contributed by atoms with E-state index in [1.165, 1.54) is 0 Å². The van der Waals surface area contributed by atoms with Crippen LogP contribution in [0.15, 0.2) is 30.3 Å². The van der Waals surface area contributed by atoms with Gasteiger partial charge in [0.15, 0.2) is 0 Å². The third-order valence-corrected chi connectivity index (χ3v) is 2.98. The van der Waals surface area contributed by atoms with Gasteiger partial charge in [-0.2, -0.15) is 0 Å². The zero-order chi connectivity index (χ0) is 17.4. The van der Waals surface area contributed by atoms with E-state index in [0.29, 0.717) is 5.06 Å². The predicted molar refractivity (Wildman–Crippen MR) is 78.1 cm³/mol. The van der Waals surface area contributed by atoms with E-state index in [1.54, 1.807) is 0 Å². The SMILES string of the molecule is O=C(NCCOC(=O)ON1C(=O)CCC1=O)OCc1ccccc1. The Hall–Kier alpha value is -3.10. The van der Waals surface area contributed by atoms with Crippen molar-refractivity contribution in [3.8, 4) is 0 Å². The topological polar surface area (TPSA) is 111 Å². The van der Waals surface area contributed by atoms with Crippen molar-refractivity contribution in [1.29, 1.82) is 0 Å². The normalized spacial score (nSPS) is 13.6. The minimum atomic E-state index is -1.20. The number of alkyl carbamates (subject to hydrolysis) is 1. The molecule has 0 spiro atoms. The molecule has 0 bridgehead atoms. The number of hydroxylamine groups is 2. The van der Waals surface area contributed by atoms with Gasteiger partial charge in [0.1, 0.15) is 13.2 Å². The fraction of sp³-hybridized carbons (Fsp3) is 0.333.